The van der Waals surface area contributed by atoms with Gasteiger partial charge in [0.2, 0.25) is 10.0 Å². The van der Waals surface area contributed by atoms with E-state index in [-0.39, 0.29) is 11.9 Å². The highest BCUT2D eigenvalue weighted by Gasteiger charge is 2.23. The van der Waals surface area contributed by atoms with Crippen molar-refractivity contribution in [3.63, 3.8) is 0 Å². The predicted octanol–water partition coefficient (Wildman–Crippen LogP) is -0.679. The monoisotopic (exact) mass is 278 g/mol. The Morgan fingerprint density at radius 3 is 2.67 bits per heavy atom. The highest BCUT2D eigenvalue weighted by molar-refractivity contribution is 7.89. The quantitative estimate of drug-likeness (QED) is 0.697. The number of rotatable bonds is 5. The zero-order valence-electron chi connectivity index (χ0n) is 10.6. The van der Waals surface area contributed by atoms with Crippen molar-refractivity contribution in [1.29, 1.82) is 0 Å². The Bertz CT molecular complexity index is 335. The first-order valence-corrected chi connectivity index (χ1v) is 8.18. The third kappa shape index (κ3) is 4.81. The van der Waals surface area contributed by atoms with Crippen molar-refractivity contribution in [1.82, 2.24) is 10.0 Å². The summed E-state index contributed by atoms with van der Waals surface area (Å²) in [7, 11) is -3.26. The van der Waals surface area contributed by atoms with Crippen LogP contribution in [0.4, 0.5) is 0 Å². The maximum absolute atomic E-state index is 11.9. The Morgan fingerprint density at radius 2 is 2.00 bits per heavy atom. The molecule has 0 spiro atoms. The summed E-state index contributed by atoms with van der Waals surface area (Å²) in [6.45, 7) is 3.90. The molecule has 0 radical (unpaired) electrons. The molecule has 0 amide bonds. The Labute approximate surface area is 108 Å². The first-order valence-electron chi connectivity index (χ1n) is 6.53. The first kappa shape index (κ1) is 14.2. The van der Waals surface area contributed by atoms with Crippen LogP contribution in [-0.4, -0.2) is 59.7 Å². The third-order valence-electron chi connectivity index (χ3n) is 3.34. The lowest BCUT2D eigenvalue weighted by Crippen LogP contribution is -2.41. The van der Waals surface area contributed by atoms with Gasteiger partial charge in [-0.3, -0.25) is 0 Å². The average Bonchev–Trinajstić information content (AvgIpc) is 2.38. The molecule has 2 rings (SSSR count). The summed E-state index contributed by atoms with van der Waals surface area (Å²) in [5.74, 6) is 0.447. The van der Waals surface area contributed by atoms with Crippen LogP contribution >= 0.6 is 0 Å². The summed E-state index contributed by atoms with van der Waals surface area (Å²) in [6, 6.07) is 0. The fourth-order valence-corrected chi connectivity index (χ4v) is 3.56. The van der Waals surface area contributed by atoms with E-state index in [0.29, 0.717) is 32.3 Å². The van der Waals surface area contributed by atoms with Crippen LogP contribution in [0.25, 0.3) is 0 Å². The van der Waals surface area contributed by atoms with Crippen LogP contribution in [0.3, 0.4) is 0 Å². The molecule has 1 atom stereocenters. The highest BCUT2D eigenvalue weighted by atomic mass is 32.2. The molecule has 1 unspecified atom stereocenters. The molecule has 0 aromatic heterocycles. The lowest BCUT2D eigenvalue weighted by atomic mass is 9.99. The molecule has 2 N–H and O–H groups in total. The van der Waals surface area contributed by atoms with Gasteiger partial charge in [0.05, 0.1) is 31.7 Å². The van der Waals surface area contributed by atoms with Crippen LogP contribution < -0.4 is 10.0 Å². The molecule has 2 heterocycles. The number of ether oxygens (including phenoxy) is 2. The van der Waals surface area contributed by atoms with Crippen LogP contribution in [0.1, 0.15) is 12.8 Å². The molecule has 6 nitrogen and oxygen atoms in total. The third-order valence-corrected chi connectivity index (χ3v) is 4.76. The van der Waals surface area contributed by atoms with Crippen molar-refractivity contribution in [2.24, 2.45) is 5.92 Å². The summed E-state index contributed by atoms with van der Waals surface area (Å²) in [6.07, 6.45) is 1.74. The number of nitrogens with one attached hydrogen (secondary N) is 2. The summed E-state index contributed by atoms with van der Waals surface area (Å²) in [5, 5.41) is 3.26. The van der Waals surface area contributed by atoms with E-state index in [1.165, 1.54) is 0 Å². The van der Waals surface area contributed by atoms with E-state index < -0.39 is 10.0 Å². The van der Waals surface area contributed by atoms with Crippen LogP contribution in [0.2, 0.25) is 0 Å². The molecule has 2 fully saturated rings. The van der Waals surface area contributed by atoms with E-state index in [4.69, 9.17) is 9.47 Å². The molecule has 0 aromatic rings. The molecule has 2 aliphatic heterocycles. The molecule has 7 heteroatoms. The van der Waals surface area contributed by atoms with Gasteiger partial charge in [-0.05, 0) is 31.8 Å². The molecular formula is C11H22N2O4S. The largest absolute Gasteiger partial charge is 0.376 e. The number of hydrogen-bond donors (Lipinski definition) is 2. The fourth-order valence-electron chi connectivity index (χ4n) is 2.27. The van der Waals surface area contributed by atoms with Gasteiger partial charge in [-0.1, -0.05) is 0 Å². The van der Waals surface area contributed by atoms with Gasteiger partial charge < -0.3 is 14.8 Å². The van der Waals surface area contributed by atoms with E-state index in [9.17, 15) is 8.42 Å². The summed E-state index contributed by atoms with van der Waals surface area (Å²) in [5.41, 5.74) is 0. The number of sulfonamides is 1. The van der Waals surface area contributed by atoms with Gasteiger partial charge in [0.1, 0.15) is 0 Å². The molecule has 0 aromatic carbocycles. The molecule has 0 aliphatic carbocycles. The smallest absolute Gasteiger partial charge is 0.214 e. The van der Waals surface area contributed by atoms with E-state index in [2.05, 4.69) is 10.0 Å². The van der Waals surface area contributed by atoms with Gasteiger partial charge in [0.15, 0.2) is 0 Å². The van der Waals surface area contributed by atoms with Crippen LogP contribution in [0.15, 0.2) is 0 Å². The Kier molecular flexibility index (Phi) is 5.38. The van der Waals surface area contributed by atoms with Crippen molar-refractivity contribution in [3.8, 4) is 0 Å². The van der Waals surface area contributed by atoms with Gasteiger partial charge in [-0.15, -0.1) is 0 Å². The van der Waals surface area contributed by atoms with E-state index in [1.54, 1.807) is 0 Å². The van der Waals surface area contributed by atoms with Crippen LogP contribution in [0, 0.1) is 5.92 Å². The van der Waals surface area contributed by atoms with Gasteiger partial charge in [0.25, 0.3) is 0 Å². The second-order valence-corrected chi connectivity index (χ2v) is 6.74. The van der Waals surface area contributed by atoms with E-state index in [0.717, 1.165) is 25.9 Å². The second kappa shape index (κ2) is 6.81. The highest BCUT2D eigenvalue weighted by Crippen LogP contribution is 2.11. The molecule has 106 valence electrons. The number of piperidine rings is 1. The van der Waals surface area contributed by atoms with Crippen molar-refractivity contribution in [2.75, 3.05) is 45.2 Å². The Balaban J connectivity index is 1.72. The first-order chi connectivity index (χ1) is 8.66. The summed E-state index contributed by atoms with van der Waals surface area (Å²) in [4.78, 5) is 0. The lowest BCUT2D eigenvalue weighted by molar-refractivity contribution is -0.0783. The van der Waals surface area contributed by atoms with Crippen molar-refractivity contribution in [2.45, 2.75) is 18.9 Å². The van der Waals surface area contributed by atoms with Gasteiger partial charge in [-0.2, -0.15) is 0 Å². The van der Waals surface area contributed by atoms with Crippen molar-refractivity contribution >= 4 is 10.0 Å². The van der Waals surface area contributed by atoms with Crippen molar-refractivity contribution in [3.05, 3.63) is 0 Å². The summed E-state index contributed by atoms with van der Waals surface area (Å²) >= 11 is 0. The standard InChI is InChI=1S/C11H22N2O4S/c14-18(15,9-11-8-16-5-6-17-11)13-7-10-1-3-12-4-2-10/h10-13H,1-9H2. The molecular weight excluding hydrogens is 256 g/mol. The minimum Gasteiger partial charge on any atom is -0.376 e. The van der Waals surface area contributed by atoms with Crippen LogP contribution in [-0.2, 0) is 19.5 Å². The topological polar surface area (TPSA) is 76.7 Å². The van der Waals surface area contributed by atoms with Gasteiger partial charge >= 0.3 is 0 Å². The summed E-state index contributed by atoms with van der Waals surface area (Å²) < 4.78 is 37.0. The molecule has 2 aliphatic rings. The fraction of sp³-hybridized carbons (Fsp3) is 1.00. The lowest BCUT2D eigenvalue weighted by Gasteiger charge is -2.25. The predicted molar refractivity (Wildman–Crippen MR) is 67.9 cm³/mol. The Hall–Kier alpha value is -0.210. The SMILES string of the molecule is O=S(=O)(CC1COCCO1)NCC1CCNCC1. The van der Waals surface area contributed by atoms with Crippen LogP contribution in [0.5, 0.6) is 0 Å². The van der Waals surface area contributed by atoms with Gasteiger partial charge in [-0.25, -0.2) is 13.1 Å². The maximum Gasteiger partial charge on any atom is 0.214 e. The normalized spacial score (nSPS) is 27.2. The van der Waals surface area contributed by atoms with Crippen molar-refractivity contribution < 1.29 is 17.9 Å². The van der Waals surface area contributed by atoms with Gasteiger partial charge in [0, 0.05) is 6.54 Å². The number of hydrogen-bond acceptors (Lipinski definition) is 5. The minimum atomic E-state index is -3.26. The molecule has 18 heavy (non-hydrogen) atoms. The second-order valence-electron chi connectivity index (χ2n) is 4.89. The molecule has 0 saturated carbocycles. The molecule has 0 bridgehead atoms. The van der Waals surface area contributed by atoms with E-state index in [1.807, 2.05) is 0 Å². The maximum atomic E-state index is 11.9. The zero-order chi connectivity index (χ0) is 12.8. The molecule has 2 saturated heterocycles. The Morgan fingerprint density at radius 1 is 1.22 bits per heavy atom. The zero-order valence-corrected chi connectivity index (χ0v) is 11.4. The van der Waals surface area contributed by atoms with E-state index >= 15 is 0 Å². The average molecular weight is 278 g/mol. The minimum absolute atomic E-state index is 0.00201.